The number of hydrogen-bond donors (Lipinski definition) is 0. The number of hydrogen-bond acceptors (Lipinski definition) is 4. The lowest BCUT2D eigenvalue weighted by molar-refractivity contribution is 0.0623. The molecule has 0 bridgehead atoms. The molecule has 0 aliphatic carbocycles. The fraction of sp³-hybridized carbons (Fsp3) is 0.588. The molecule has 0 aromatic carbocycles. The van der Waals surface area contributed by atoms with Crippen LogP contribution in [0.1, 0.15) is 39.7 Å². The van der Waals surface area contributed by atoms with Gasteiger partial charge in [0.1, 0.15) is 4.60 Å². The molecule has 24 heavy (non-hydrogen) atoms. The molecule has 0 atom stereocenters. The maximum absolute atomic E-state index is 12.2. The van der Waals surface area contributed by atoms with Crippen molar-refractivity contribution in [3.8, 4) is 0 Å². The highest BCUT2D eigenvalue weighted by atomic mass is 79.9. The Morgan fingerprint density at radius 2 is 2.04 bits per heavy atom. The number of piperidine rings is 1. The largest absolute Gasteiger partial charge is 0.449 e. The number of pyridine rings is 1. The predicted molar refractivity (Wildman–Crippen MR) is 95.9 cm³/mol. The Bertz CT molecular complexity index is 730. The average molecular weight is 395 g/mol. The third-order valence-corrected chi connectivity index (χ3v) is 4.58. The van der Waals surface area contributed by atoms with Gasteiger partial charge in [0.25, 0.3) is 0 Å². The van der Waals surface area contributed by atoms with Crippen LogP contribution in [-0.4, -0.2) is 45.5 Å². The van der Waals surface area contributed by atoms with E-state index in [4.69, 9.17) is 4.74 Å². The standard InChI is InChI=1S/C17H23BrN4O2/c1-17(2,3)11-24-16(23)21-6-4-13(5-7-21)22-14-10-19-15(18)8-12(14)9-20-22/h8-10,13H,4-7,11H2,1-3H3. The van der Waals surface area contributed by atoms with Crippen molar-refractivity contribution in [3.63, 3.8) is 0 Å². The number of nitrogens with zero attached hydrogens (tertiary/aromatic N) is 4. The highest BCUT2D eigenvalue weighted by molar-refractivity contribution is 9.10. The van der Waals surface area contributed by atoms with Crippen LogP contribution in [0.25, 0.3) is 10.9 Å². The van der Waals surface area contributed by atoms with Gasteiger partial charge in [-0.25, -0.2) is 9.78 Å². The van der Waals surface area contributed by atoms with Crippen LogP contribution < -0.4 is 0 Å². The lowest BCUT2D eigenvalue weighted by atomic mass is 9.99. The minimum Gasteiger partial charge on any atom is -0.449 e. The molecule has 0 saturated carbocycles. The summed E-state index contributed by atoms with van der Waals surface area (Å²) in [6.07, 6.45) is 5.25. The number of fused-ring (bicyclic) bond motifs is 1. The molecule has 3 heterocycles. The SMILES string of the molecule is CC(C)(C)COC(=O)N1CCC(n2ncc3cc(Br)ncc32)CC1. The summed E-state index contributed by atoms with van der Waals surface area (Å²) < 4.78 is 8.25. The van der Waals surface area contributed by atoms with Gasteiger partial charge in [0, 0.05) is 18.5 Å². The first-order chi connectivity index (χ1) is 11.3. The zero-order chi connectivity index (χ0) is 17.3. The van der Waals surface area contributed by atoms with E-state index in [9.17, 15) is 4.79 Å². The Morgan fingerprint density at radius 1 is 1.33 bits per heavy atom. The second-order valence-corrected chi connectivity index (χ2v) is 8.30. The highest BCUT2D eigenvalue weighted by Gasteiger charge is 2.27. The Labute approximate surface area is 150 Å². The first-order valence-electron chi connectivity index (χ1n) is 8.24. The minimum absolute atomic E-state index is 0.0107. The quantitative estimate of drug-likeness (QED) is 0.721. The predicted octanol–water partition coefficient (Wildman–Crippen LogP) is 4.01. The summed E-state index contributed by atoms with van der Waals surface area (Å²) in [5.74, 6) is 0. The molecule has 0 spiro atoms. The van der Waals surface area contributed by atoms with E-state index in [2.05, 4.69) is 46.8 Å². The van der Waals surface area contributed by atoms with E-state index in [-0.39, 0.29) is 17.6 Å². The number of carbonyl (C=O) groups excluding carboxylic acids is 1. The van der Waals surface area contributed by atoms with Crippen molar-refractivity contribution >= 4 is 32.9 Å². The molecule has 1 fully saturated rings. The number of aromatic nitrogens is 3. The monoisotopic (exact) mass is 394 g/mol. The Kier molecular flexibility index (Phi) is 4.80. The smallest absolute Gasteiger partial charge is 0.409 e. The molecule has 1 aliphatic heterocycles. The van der Waals surface area contributed by atoms with Crippen LogP contribution in [0.4, 0.5) is 4.79 Å². The molecular weight excluding hydrogens is 372 g/mol. The second kappa shape index (κ2) is 6.70. The Hall–Kier alpha value is -1.63. The molecule has 2 aromatic rings. The summed E-state index contributed by atoms with van der Waals surface area (Å²) in [5.41, 5.74) is 1.02. The number of halogens is 1. The average Bonchev–Trinajstić information content (AvgIpc) is 2.95. The molecule has 1 amide bonds. The van der Waals surface area contributed by atoms with Crippen molar-refractivity contribution in [1.29, 1.82) is 0 Å². The molecule has 130 valence electrons. The van der Waals surface area contributed by atoms with Crippen LogP contribution in [0.5, 0.6) is 0 Å². The van der Waals surface area contributed by atoms with E-state index in [1.54, 1.807) is 4.90 Å². The summed E-state index contributed by atoms with van der Waals surface area (Å²) in [6, 6.07) is 2.26. The molecule has 1 aliphatic rings. The van der Waals surface area contributed by atoms with Crippen molar-refractivity contribution in [1.82, 2.24) is 19.7 Å². The molecule has 2 aromatic heterocycles. The van der Waals surface area contributed by atoms with Crippen LogP contribution in [0, 0.1) is 5.41 Å². The van der Waals surface area contributed by atoms with Gasteiger partial charge in [0.2, 0.25) is 0 Å². The van der Waals surface area contributed by atoms with Gasteiger partial charge in [-0.1, -0.05) is 20.8 Å². The minimum atomic E-state index is -0.209. The van der Waals surface area contributed by atoms with Crippen molar-refractivity contribution in [2.45, 2.75) is 39.7 Å². The summed E-state index contributed by atoms with van der Waals surface area (Å²) >= 11 is 3.38. The highest BCUT2D eigenvalue weighted by Crippen LogP contribution is 2.27. The summed E-state index contributed by atoms with van der Waals surface area (Å²) in [7, 11) is 0. The molecule has 0 N–H and O–H groups in total. The van der Waals surface area contributed by atoms with Crippen molar-refractivity contribution in [2.75, 3.05) is 19.7 Å². The van der Waals surface area contributed by atoms with Gasteiger partial charge >= 0.3 is 6.09 Å². The van der Waals surface area contributed by atoms with E-state index in [1.807, 2.05) is 23.1 Å². The van der Waals surface area contributed by atoms with E-state index in [1.165, 1.54) is 0 Å². The topological polar surface area (TPSA) is 60.2 Å². The molecule has 0 radical (unpaired) electrons. The van der Waals surface area contributed by atoms with Crippen LogP contribution in [-0.2, 0) is 4.74 Å². The summed E-state index contributed by atoms with van der Waals surface area (Å²) in [6.45, 7) is 8.00. The molecule has 1 saturated heterocycles. The third-order valence-electron chi connectivity index (χ3n) is 4.15. The number of ether oxygens (including phenoxy) is 1. The molecule has 7 heteroatoms. The van der Waals surface area contributed by atoms with Crippen LogP contribution >= 0.6 is 15.9 Å². The zero-order valence-corrected chi connectivity index (χ0v) is 15.9. The van der Waals surface area contributed by atoms with Gasteiger partial charge < -0.3 is 9.64 Å². The Morgan fingerprint density at radius 3 is 2.71 bits per heavy atom. The van der Waals surface area contributed by atoms with Crippen molar-refractivity contribution in [2.24, 2.45) is 5.41 Å². The summed E-state index contributed by atoms with van der Waals surface area (Å²) in [5, 5.41) is 5.59. The third kappa shape index (κ3) is 3.88. The maximum atomic E-state index is 12.2. The first kappa shape index (κ1) is 17.2. The van der Waals surface area contributed by atoms with E-state index in [0.717, 1.165) is 28.3 Å². The lowest BCUT2D eigenvalue weighted by Gasteiger charge is -2.32. The van der Waals surface area contributed by atoms with Crippen LogP contribution in [0.2, 0.25) is 0 Å². The molecule has 3 rings (SSSR count). The van der Waals surface area contributed by atoms with E-state index >= 15 is 0 Å². The van der Waals surface area contributed by atoms with Gasteiger partial charge in [-0.05, 0) is 40.3 Å². The molecule has 0 unspecified atom stereocenters. The van der Waals surface area contributed by atoms with E-state index in [0.29, 0.717) is 19.7 Å². The van der Waals surface area contributed by atoms with Gasteiger partial charge in [0.15, 0.2) is 0 Å². The lowest BCUT2D eigenvalue weighted by Crippen LogP contribution is -2.40. The fourth-order valence-electron chi connectivity index (χ4n) is 2.87. The fourth-order valence-corrected chi connectivity index (χ4v) is 3.22. The maximum Gasteiger partial charge on any atom is 0.409 e. The molecular formula is C17H23BrN4O2. The van der Waals surface area contributed by atoms with Gasteiger partial charge in [-0.15, -0.1) is 0 Å². The zero-order valence-electron chi connectivity index (χ0n) is 14.3. The van der Waals surface area contributed by atoms with Gasteiger partial charge in [-0.3, -0.25) is 4.68 Å². The van der Waals surface area contributed by atoms with Crippen molar-refractivity contribution < 1.29 is 9.53 Å². The van der Waals surface area contributed by atoms with Crippen molar-refractivity contribution in [3.05, 3.63) is 23.1 Å². The van der Waals surface area contributed by atoms with Gasteiger partial charge in [0.05, 0.1) is 30.6 Å². The van der Waals surface area contributed by atoms with Crippen LogP contribution in [0.15, 0.2) is 23.1 Å². The number of rotatable bonds is 2. The summed E-state index contributed by atoms with van der Waals surface area (Å²) in [4.78, 5) is 18.2. The number of amides is 1. The second-order valence-electron chi connectivity index (χ2n) is 7.49. The first-order valence-corrected chi connectivity index (χ1v) is 9.03. The van der Waals surface area contributed by atoms with Crippen LogP contribution in [0.3, 0.4) is 0 Å². The Balaban J connectivity index is 1.61. The molecule has 6 nitrogen and oxygen atoms in total. The number of likely N-dealkylation sites (tertiary alicyclic amines) is 1. The van der Waals surface area contributed by atoms with Gasteiger partial charge in [-0.2, -0.15) is 5.10 Å². The normalized spacial score (nSPS) is 16.6. The van der Waals surface area contributed by atoms with E-state index < -0.39 is 0 Å². The number of carbonyl (C=O) groups is 1.